The second kappa shape index (κ2) is 9.42. The molecule has 0 unspecified atom stereocenters. The Morgan fingerprint density at radius 2 is 1.75 bits per heavy atom. The van der Waals surface area contributed by atoms with Gasteiger partial charge in [-0.25, -0.2) is 4.99 Å². The van der Waals surface area contributed by atoms with Gasteiger partial charge in [0.05, 0.1) is 18.9 Å². The largest absolute Gasteiger partial charge is 0.492 e. The number of anilines is 1. The second-order valence-corrected chi connectivity index (χ2v) is 4.91. The van der Waals surface area contributed by atoms with Crippen molar-refractivity contribution in [1.82, 2.24) is 5.48 Å². The first-order chi connectivity index (χ1) is 11.8. The van der Waals surface area contributed by atoms with Gasteiger partial charge in [0.1, 0.15) is 23.5 Å². The van der Waals surface area contributed by atoms with Gasteiger partial charge in [-0.2, -0.15) is 0 Å². The van der Waals surface area contributed by atoms with E-state index in [1.807, 2.05) is 43.6 Å². The SMILES string of the molecule is CCOc1cc(NCc2ccccc2)c(OCC)cc1N=CNO. The molecule has 3 N–H and O–H groups in total. The van der Waals surface area contributed by atoms with Gasteiger partial charge in [0.2, 0.25) is 0 Å². The van der Waals surface area contributed by atoms with E-state index in [9.17, 15) is 0 Å². The maximum absolute atomic E-state index is 8.70. The minimum Gasteiger partial charge on any atom is -0.492 e. The van der Waals surface area contributed by atoms with Crippen LogP contribution in [0, 0.1) is 0 Å². The molecule has 0 heterocycles. The van der Waals surface area contributed by atoms with Crippen LogP contribution in [0.25, 0.3) is 0 Å². The number of nitrogens with zero attached hydrogens (tertiary/aromatic N) is 1. The van der Waals surface area contributed by atoms with Gasteiger partial charge in [-0.15, -0.1) is 0 Å². The van der Waals surface area contributed by atoms with Crippen LogP contribution >= 0.6 is 0 Å². The molecular formula is C18H23N3O3. The van der Waals surface area contributed by atoms with Gasteiger partial charge in [0.25, 0.3) is 0 Å². The van der Waals surface area contributed by atoms with E-state index in [2.05, 4.69) is 22.4 Å². The molecule has 0 atom stereocenters. The predicted molar refractivity (Wildman–Crippen MR) is 95.6 cm³/mol. The number of hydrogen-bond acceptors (Lipinski definition) is 5. The van der Waals surface area contributed by atoms with Crippen molar-refractivity contribution >= 4 is 17.7 Å². The number of benzene rings is 2. The molecule has 24 heavy (non-hydrogen) atoms. The maximum Gasteiger partial charge on any atom is 0.147 e. The number of nitrogens with one attached hydrogen (secondary N) is 2. The van der Waals surface area contributed by atoms with Crippen molar-refractivity contribution < 1.29 is 14.7 Å². The molecule has 6 heteroatoms. The Labute approximate surface area is 142 Å². The molecule has 0 spiro atoms. The lowest BCUT2D eigenvalue weighted by atomic mass is 10.2. The normalized spacial score (nSPS) is 10.6. The van der Waals surface area contributed by atoms with Gasteiger partial charge < -0.3 is 14.8 Å². The van der Waals surface area contributed by atoms with Crippen LogP contribution in [0.15, 0.2) is 47.5 Å². The third-order valence-corrected chi connectivity index (χ3v) is 3.25. The highest BCUT2D eigenvalue weighted by atomic mass is 16.5. The van der Waals surface area contributed by atoms with Gasteiger partial charge in [-0.3, -0.25) is 10.7 Å². The number of rotatable bonds is 9. The van der Waals surface area contributed by atoms with Gasteiger partial charge in [0, 0.05) is 18.7 Å². The maximum atomic E-state index is 8.70. The smallest absolute Gasteiger partial charge is 0.147 e. The van der Waals surface area contributed by atoms with E-state index in [-0.39, 0.29) is 0 Å². The zero-order valence-electron chi connectivity index (χ0n) is 14.0. The molecule has 2 aromatic rings. The van der Waals surface area contributed by atoms with Crippen LogP contribution in [0.5, 0.6) is 11.5 Å². The summed E-state index contributed by atoms with van der Waals surface area (Å²) in [4.78, 5) is 4.13. The predicted octanol–water partition coefficient (Wildman–Crippen LogP) is 3.73. The summed E-state index contributed by atoms with van der Waals surface area (Å²) in [6, 6.07) is 13.8. The van der Waals surface area contributed by atoms with Crippen molar-refractivity contribution in [3.63, 3.8) is 0 Å². The van der Waals surface area contributed by atoms with Crippen molar-refractivity contribution in [2.45, 2.75) is 20.4 Å². The number of ether oxygens (including phenoxy) is 2. The first-order valence-electron chi connectivity index (χ1n) is 7.92. The van der Waals surface area contributed by atoms with E-state index in [0.717, 1.165) is 5.69 Å². The Hall–Kier alpha value is -2.73. The molecule has 0 aliphatic rings. The first-order valence-corrected chi connectivity index (χ1v) is 7.92. The topological polar surface area (TPSA) is 75.1 Å². The molecule has 0 aliphatic carbocycles. The molecule has 0 bridgehead atoms. The monoisotopic (exact) mass is 329 g/mol. The summed E-state index contributed by atoms with van der Waals surface area (Å²) in [6.07, 6.45) is 1.19. The third-order valence-electron chi connectivity index (χ3n) is 3.25. The van der Waals surface area contributed by atoms with E-state index < -0.39 is 0 Å². The molecule has 0 radical (unpaired) electrons. The number of hydroxylamine groups is 1. The van der Waals surface area contributed by atoms with E-state index >= 15 is 0 Å². The lowest BCUT2D eigenvalue weighted by Gasteiger charge is -2.16. The van der Waals surface area contributed by atoms with Gasteiger partial charge >= 0.3 is 0 Å². The minimum atomic E-state index is 0.515. The molecule has 0 aliphatic heterocycles. The second-order valence-electron chi connectivity index (χ2n) is 4.91. The zero-order valence-corrected chi connectivity index (χ0v) is 14.0. The van der Waals surface area contributed by atoms with Gasteiger partial charge in [-0.05, 0) is 19.4 Å². The molecule has 128 valence electrons. The fourth-order valence-electron chi connectivity index (χ4n) is 2.23. The van der Waals surface area contributed by atoms with Crippen LogP contribution < -0.4 is 20.3 Å². The minimum absolute atomic E-state index is 0.515. The molecule has 2 rings (SSSR count). The van der Waals surface area contributed by atoms with Crippen LogP contribution in [0.3, 0.4) is 0 Å². The van der Waals surface area contributed by atoms with Crippen molar-refractivity contribution in [2.24, 2.45) is 4.99 Å². The van der Waals surface area contributed by atoms with Crippen molar-refractivity contribution in [3.8, 4) is 11.5 Å². The van der Waals surface area contributed by atoms with Crippen molar-refractivity contribution in [3.05, 3.63) is 48.0 Å². The Kier molecular flexibility index (Phi) is 6.91. The lowest BCUT2D eigenvalue weighted by Crippen LogP contribution is -2.05. The van der Waals surface area contributed by atoms with Crippen LogP contribution in [0.1, 0.15) is 19.4 Å². The molecule has 0 amide bonds. The van der Waals surface area contributed by atoms with Gasteiger partial charge in [-0.1, -0.05) is 30.3 Å². The quantitative estimate of drug-likeness (QED) is 0.371. The highest BCUT2D eigenvalue weighted by Crippen LogP contribution is 2.38. The average Bonchev–Trinajstić information content (AvgIpc) is 2.61. The molecule has 6 nitrogen and oxygen atoms in total. The van der Waals surface area contributed by atoms with Gasteiger partial charge in [0.15, 0.2) is 0 Å². The van der Waals surface area contributed by atoms with Crippen LogP contribution in [0.2, 0.25) is 0 Å². The Balaban J connectivity index is 2.29. The summed E-state index contributed by atoms with van der Waals surface area (Å²) in [5.41, 5.74) is 4.47. The fraction of sp³-hybridized carbons (Fsp3) is 0.278. The van der Waals surface area contributed by atoms with Crippen molar-refractivity contribution in [1.29, 1.82) is 0 Å². The highest BCUT2D eigenvalue weighted by molar-refractivity contribution is 5.72. The van der Waals surface area contributed by atoms with E-state index in [4.69, 9.17) is 14.7 Å². The van der Waals surface area contributed by atoms with E-state index in [1.165, 1.54) is 11.9 Å². The van der Waals surface area contributed by atoms with Crippen LogP contribution in [-0.4, -0.2) is 24.8 Å². The number of aliphatic imine (C=N–C) groups is 1. The van der Waals surface area contributed by atoms with E-state index in [1.54, 1.807) is 6.07 Å². The Morgan fingerprint density at radius 1 is 1.04 bits per heavy atom. The molecule has 0 aromatic heterocycles. The molecular weight excluding hydrogens is 306 g/mol. The summed E-state index contributed by atoms with van der Waals surface area (Å²) in [5.74, 6) is 1.30. The van der Waals surface area contributed by atoms with Crippen LogP contribution in [0.4, 0.5) is 11.4 Å². The van der Waals surface area contributed by atoms with Crippen LogP contribution in [-0.2, 0) is 6.54 Å². The Bertz CT molecular complexity index is 660. The highest BCUT2D eigenvalue weighted by Gasteiger charge is 2.11. The zero-order chi connectivity index (χ0) is 17.2. The molecule has 0 fully saturated rings. The number of hydrogen-bond donors (Lipinski definition) is 3. The molecule has 0 saturated carbocycles. The molecule has 2 aromatic carbocycles. The summed E-state index contributed by atoms with van der Waals surface area (Å²) >= 11 is 0. The van der Waals surface area contributed by atoms with Crippen molar-refractivity contribution in [2.75, 3.05) is 18.5 Å². The average molecular weight is 329 g/mol. The summed E-state index contributed by atoms with van der Waals surface area (Å²) in [5, 5.41) is 12.1. The lowest BCUT2D eigenvalue weighted by molar-refractivity contribution is 0.240. The fourth-order valence-corrected chi connectivity index (χ4v) is 2.23. The summed E-state index contributed by atoms with van der Waals surface area (Å²) < 4.78 is 11.3. The molecule has 0 saturated heterocycles. The Morgan fingerprint density at radius 3 is 2.42 bits per heavy atom. The standard InChI is InChI=1S/C18H23N3O3/c1-3-23-17-11-16(20-13-21-22)18(24-4-2)10-15(17)19-12-14-8-6-5-7-9-14/h5-11,13,19,22H,3-4,12H2,1-2H3,(H,20,21). The third kappa shape index (κ3) is 4.89. The first kappa shape index (κ1) is 17.6. The summed E-state index contributed by atoms with van der Waals surface area (Å²) in [7, 11) is 0. The van der Waals surface area contributed by atoms with E-state index in [0.29, 0.717) is 36.9 Å². The summed E-state index contributed by atoms with van der Waals surface area (Å²) in [6.45, 7) is 5.56.